The van der Waals surface area contributed by atoms with Crippen molar-refractivity contribution >= 4 is 40.8 Å². The van der Waals surface area contributed by atoms with Gasteiger partial charge < -0.3 is 17.2 Å². The normalized spacial score (nSPS) is 11.8. The van der Waals surface area contributed by atoms with E-state index < -0.39 is 17.1 Å². The van der Waals surface area contributed by atoms with Crippen molar-refractivity contribution in [2.45, 2.75) is 6.18 Å². The SMILES string of the molecule is Cl.NC(N)=N/C(N)=N/c1nnc(C(F)(F)F)s1. The van der Waals surface area contributed by atoms with Gasteiger partial charge in [0.25, 0.3) is 0 Å². The van der Waals surface area contributed by atoms with Gasteiger partial charge in [-0.25, -0.2) is 0 Å². The summed E-state index contributed by atoms with van der Waals surface area (Å²) in [5.74, 6) is -0.758. The molecule has 0 aliphatic rings. The molecule has 0 bridgehead atoms. The molecule has 6 N–H and O–H groups in total. The molecule has 0 aliphatic carbocycles. The third-order valence-electron chi connectivity index (χ3n) is 1.11. The molecule has 0 saturated carbocycles. The molecule has 1 aromatic heterocycles. The lowest BCUT2D eigenvalue weighted by atomic mass is 10.7. The fraction of sp³-hybridized carbons (Fsp3) is 0.200. The summed E-state index contributed by atoms with van der Waals surface area (Å²) in [6, 6.07) is 0. The third kappa shape index (κ3) is 4.82. The zero-order valence-electron chi connectivity index (χ0n) is 7.97. The van der Waals surface area contributed by atoms with Crippen molar-refractivity contribution in [3.8, 4) is 0 Å². The summed E-state index contributed by atoms with van der Waals surface area (Å²) in [6.07, 6.45) is -4.56. The Hall–Kier alpha value is -1.62. The van der Waals surface area contributed by atoms with Gasteiger partial charge in [-0.05, 0) is 0 Å². The van der Waals surface area contributed by atoms with Crippen molar-refractivity contribution in [2.75, 3.05) is 0 Å². The predicted molar refractivity (Wildman–Crippen MR) is 59.3 cm³/mol. The van der Waals surface area contributed by atoms with Gasteiger partial charge in [0.15, 0.2) is 5.96 Å². The summed E-state index contributed by atoms with van der Waals surface area (Å²) in [5.41, 5.74) is 15.1. The molecule has 0 aliphatic heterocycles. The highest BCUT2D eigenvalue weighted by Crippen LogP contribution is 2.33. The van der Waals surface area contributed by atoms with E-state index in [1.807, 2.05) is 0 Å². The van der Waals surface area contributed by atoms with Gasteiger partial charge in [-0.2, -0.15) is 23.2 Å². The van der Waals surface area contributed by atoms with Gasteiger partial charge in [0.1, 0.15) is 0 Å². The van der Waals surface area contributed by atoms with Gasteiger partial charge in [0, 0.05) is 0 Å². The number of halogens is 4. The monoisotopic (exact) mass is 289 g/mol. The zero-order chi connectivity index (χ0) is 12.3. The van der Waals surface area contributed by atoms with E-state index >= 15 is 0 Å². The highest BCUT2D eigenvalue weighted by Gasteiger charge is 2.35. The van der Waals surface area contributed by atoms with Crippen LogP contribution >= 0.6 is 23.7 Å². The Morgan fingerprint density at radius 1 is 1.18 bits per heavy atom. The molecule has 0 aromatic carbocycles. The highest BCUT2D eigenvalue weighted by molar-refractivity contribution is 7.15. The lowest BCUT2D eigenvalue weighted by molar-refractivity contribution is -0.138. The molecule has 1 rings (SSSR count). The minimum absolute atomic E-state index is 0. The van der Waals surface area contributed by atoms with Gasteiger partial charge in [0.2, 0.25) is 16.1 Å². The molecular formula is C5H7ClF3N7S. The number of nitrogens with zero attached hydrogens (tertiary/aromatic N) is 4. The molecule has 0 spiro atoms. The van der Waals surface area contributed by atoms with Crippen LogP contribution in [0.3, 0.4) is 0 Å². The van der Waals surface area contributed by atoms with Crippen LogP contribution in [-0.2, 0) is 6.18 Å². The first kappa shape index (κ1) is 15.4. The van der Waals surface area contributed by atoms with Crippen LogP contribution in [0.5, 0.6) is 0 Å². The second-order valence-electron chi connectivity index (χ2n) is 2.39. The number of hydrogen-bond donors (Lipinski definition) is 3. The Balaban J connectivity index is 0.00000256. The summed E-state index contributed by atoms with van der Waals surface area (Å²) in [4.78, 5) is 6.73. The molecule has 1 aromatic rings. The summed E-state index contributed by atoms with van der Waals surface area (Å²) >= 11 is 0.230. The number of guanidine groups is 2. The highest BCUT2D eigenvalue weighted by atomic mass is 35.5. The van der Waals surface area contributed by atoms with Gasteiger partial charge in [0.05, 0.1) is 0 Å². The summed E-state index contributed by atoms with van der Waals surface area (Å²) < 4.78 is 36.3. The van der Waals surface area contributed by atoms with E-state index in [9.17, 15) is 13.2 Å². The van der Waals surface area contributed by atoms with E-state index in [1.54, 1.807) is 0 Å². The van der Waals surface area contributed by atoms with Crippen LogP contribution in [0.1, 0.15) is 5.01 Å². The van der Waals surface area contributed by atoms with Crippen molar-refractivity contribution < 1.29 is 13.2 Å². The Kier molecular flexibility index (Phi) is 5.10. The van der Waals surface area contributed by atoms with Crippen LogP contribution in [0.15, 0.2) is 9.98 Å². The standard InChI is InChI=1S/C5H6F3N7S.ClH/c6-5(7,8)1-14-15-4(16-1)13-3(11)12-2(9)10;/h(H6,9,10,11,12,13,15);1H. The number of alkyl halides is 3. The van der Waals surface area contributed by atoms with E-state index in [0.29, 0.717) is 0 Å². The van der Waals surface area contributed by atoms with Crippen LogP contribution in [0, 0.1) is 0 Å². The fourth-order valence-corrected chi connectivity index (χ4v) is 1.22. The average Bonchev–Trinajstić information content (AvgIpc) is 2.49. The number of nitrogens with two attached hydrogens (primary N) is 3. The molecule has 0 amide bonds. The molecule has 0 fully saturated rings. The van der Waals surface area contributed by atoms with Crippen molar-refractivity contribution in [1.82, 2.24) is 10.2 Å². The molecule has 0 unspecified atom stereocenters. The van der Waals surface area contributed by atoms with E-state index in [2.05, 4.69) is 20.2 Å². The summed E-state index contributed by atoms with van der Waals surface area (Å²) in [6.45, 7) is 0. The molecule has 7 nitrogen and oxygen atoms in total. The topological polar surface area (TPSA) is 129 Å². The molecule has 12 heteroatoms. The van der Waals surface area contributed by atoms with E-state index in [0.717, 1.165) is 0 Å². The van der Waals surface area contributed by atoms with Crippen molar-refractivity contribution in [2.24, 2.45) is 27.2 Å². The first-order valence-electron chi connectivity index (χ1n) is 3.63. The predicted octanol–water partition coefficient (Wildman–Crippen LogP) is 0.198. The maximum atomic E-state index is 12.1. The van der Waals surface area contributed by atoms with Gasteiger partial charge >= 0.3 is 6.18 Å². The zero-order valence-corrected chi connectivity index (χ0v) is 9.60. The Bertz CT molecular complexity index is 435. The first-order valence-corrected chi connectivity index (χ1v) is 4.45. The second kappa shape index (κ2) is 5.63. The van der Waals surface area contributed by atoms with Crippen molar-refractivity contribution in [1.29, 1.82) is 0 Å². The smallest absolute Gasteiger partial charge is 0.370 e. The maximum absolute atomic E-state index is 12.1. The quantitative estimate of drug-likeness (QED) is 0.502. The summed E-state index contributed by atoms with van der Waals surface area (Å²) in [7, 11) is 0. The van der Waals surface area contributed by atoms with Gasteiger partial charge in [-0.15, -0.1) is 22.6 Å². The van der Waals surface area contributed by atoms with Gasteiger partial charge in [-0.3, -0.25) is 0 Å². The van der Waals surface area contributed by atoms with Crippen LogP contribution < -0.4 is 17.2 Å². The van der Waals surface area contributed by atoms with Crippen molar-refractivity contribution in [3.63, 3.8) is 0 Å². The maximum Gasteiger partial charge on any atom is 0.445 e. The average molecular weight is 290 g/mol. The lowest BCUT2D eigenvalue weighted by Gasteiger charge is -1.96. The lowest BCUT2D eigenvalue weighted by Crippen LogP contribution is -2.26. The summed E-state index contributed by atoms with van der Waals surface area (Å²) in [5, 5.41) is 4.65. The number of aromatic nitrogens is 2. The first-order chi connectivity index (χ1) is 7.29. The fourth-order valence-electron chi connectivity index (χ4n) is 0.630. The largest absolute Gasteiger partial charge is 0.445 e. The van der Waals surface area contributed by atoms with Crippen molar-refractivity contribution in [3.05, 3.63) is 5.01 Å². The molecule has 0 atom stereocenters. The van der Waals surface area contributed by atoms with E-state index in [-0.39, 0.29) is 34.8 Å². The van der Waals surface area contributed by atoms with Crippen LogP contribution in [0.25, 0.3) is 0 Å². The number of hydrogen-bond acceptors (Lipinski definition) is 4. The molecule has 96 valence electrons. The second-order valence-corrected chi connectivity index (χ2v) is 3.35. The third-order valence-corrected chi connectivity index (χ3v) is 1.97. The minimum Gasteiger partial charge on any atom is -0.370 e. The Morgan fingerprint density at radius 3 is 2.18 bits per heavy atom. The Labute approximate surface area is 103 Å². The number of aliphatic imine (C=N–C) groups is 2. The molecule has 1 heterocycles. The Morgan fingerprint density at radius 2 is 1.76 bits per heavy atom. The minimum atomic E-state index is -4.56. The molecule has 0 radical (unpaired) electrons. The van der Waals surface area contributed by atoms with Crippen LogP contribution in [0.4, 0.5) is 18.3 Å². The van der Waals surface area contributed by atoms with E-state index in [1.165, 1.54) is 0 Å². The van der Waals surface area contributed by atoms with Crippen LogP contribution in [0.2, 0.25) is 0 Å². The van der Waals surface area contributed by atoms with Gasteiger partial charge in [-0.1, -0.05) is 11.3 Å². The van der Waals surface area contributed by atoms with Crippen LogP contribution in [-0.4, -0.2) is 22.1 Å². The molecule has 17 heavy (non-hydrogen) atoms. The molecule has 0 saturated heterocycles. The number of rotatable bonds is 1. The van der Waals surface area contributed by atoms with E-state index in [4.69, 9.17) is 17.2 Å². The molecular weight excluding hydrogens is 283 g/mol.